The molecule has 1 unspecified atom stereocenters. The van der Waals surface area contributed by atoms with Gasteiger partial charge in [-0.1, -0.05) is 0 Å². The summed E-state index contributed by atoms with van der Waals surface area (Å²) >= 11 is 0. The van der Waals surface area contributed by atoms with Crippen molar-refractivity contribution in [3.63, 3.8) is 0 Å². The Morgan fingerprint density at radius 1 is 1.07 bits per heavy atom. The summed E-state index contributed by atoms with van der Waals surface area (Å²) in [5.74, 6) is 4.17. The number of rotatable bonds is 3. The molecule has 0 heterocycles. The largest absolute Gasteiger partial charge is 0.390 e. The molecule has 0 aromatic rings. The number of methoxy groups -OCH3 is 1. The summed E-state index contributed by atoms with van der Waals surface area (Å²) in [7, 11) is 1.69. The van der Waals surface area contributed by atoms with Crippen molar-refractivity contribution in [2.45, 2.75) is 38.2 Å². The average molecular weight is 210 g/mol. The van der Waals surface area contributed by atoms with E-state index in [1.165, 1.54) is 32.1 Å². The molecule has 4 aliphatic carbocycles. The van der Waals surface area contributed by atoms with E-state index in [0.29, 0.717) is 12.5 Å². The molecule has 0 saturated heterocycles. The molecule has 0 amide bonds. The molecule has 0 spiro atoms. The highest BCUT2D eigenvalue weighted by Gasteiger charge is 2.50. The first-order valence-electron chi connectivity index (χ1n) is 6.45. The molecule has 1 atom stereocenters. The molecule has 4 rings (SSSR count). The van der Waals surface area contributed by atoms with Gasteiger partial charge in [0.25, 0.3) is 0 Å². The summed E-state index contributed by atoms with van der Waals surface area (Å²) in [6.07, 6.45) is 6.83. The van der Waals surface area contributed by atoms with Crippen LogP contribution in [0.1, 0.15) is 32.1 Å². The Kier molecular flexibility index (Phi) is 2.52. The van der Waals surface area contributed by atoms with Crippen molar-refractivity contribution in [1.29, 1.82) is 0 Å². The topological polar surface area (TPSA) is 29.5 Å². The van der Waals surface area contributed by atoms with Gasteiger partial charge in [-0.3, -0.25) is 0 Å². The standard InChI is InChI=1S/C13H22O2/c1-15-7-12(14)13-10-3-8-2-9(5-10)6-11(13)4-8/h8-14H,2-7H2,1H3. The molecular formula is C13H22O2. The maximum atomic E-state index is 10.2. The van der Waals surface area contributed by atoms with Crippen LogP contribution in [-0.4, -0.2) is 24.9 Å². The van der Waals surface area contributed by atoms with Gasteiger partial charge >= 0.3 is 0 Å². The average Bonchev–Trinajstić information content (AvgIpc) is 2.15. The molecular weight excluding hydrogens is 188 g/mol. The van der Waals surface area contributed by atoms with Gasteiger partial charge in [0.05, 0.1) is 12.7 Å². The predicted molar refractivity (Wildman–Crippen MR) is 58.4 cm³/mol. The number of hydrogen-bond acceptors (Lipinski definition) is 2. The Morgan fingerprint density at radius 2 is 1.60 bits per heavy atom. The molecule has 0 aliphatic heterocycles. The van der Waals surface area contributed by atoms with Crippen molar-refractivity contribution in [3.05, 3.63) is 0 Å². The first kappa shape index (κ1) is 10.1. The SMILES string of the molecule is COCC(O)C1C2CC3CC(C2)CC1C3. The fraction of sp³-hybridized carbons (Fsp3) is 1.00. The quantitative estimate of drug-likeness (QED) is 0.772. The number of ether oxygens (including phenoxy) is 1. The zero-order chi connectivity index (χ0) is 10.4. The van der Waals surface area contributed by atoms with E-state index >= 15 is 0 Å². The van der Waals surface area contributed by atoms with E-state index < -0.39 is 0 Å². The van der Waals surface area contributed by atoms with Crippen molar-refractivity contribution in [2.24, 2.45) is 29.6 Å². The van der Waals surface area contributed by atoms with Crippen LogP contribution in [0.15, 0.2) is 0 Å². The lowest BCUT2D eigenvalue weighted by molar-refractivity contribution is -0.105. The highest BCUT2D eigenvalue weighted by Crippen LogP contribution is 2.57. The van der Waals surface area contributed by atoms with E-state index in [2.05, 4.69) is 0 Å². The first-order chi connectivity index (χ1) is 7.28. The van der Waals surface area contributed by atoms with Crippen LogP contribution in [0.25, 0.3) is 0 Å². The monoisotopic (exact) mass is 210 g/mol. The van der Waals surface area contributed by atoms with Gasteiger partial charge in [-0.25, -0.2) is 0 Å². The summed E-state index contributed by atoms with van der Waals surface area (Å²) in [5, 5.41) is 10.2. The van der Waals surface area contributed by atoms with Crippen LogP contribution < -0.4 is 0 Å². The van der Waals surface area contributed by atoms with E-state index in [1.807, 2.05) is 0 Å². The minimum atomic E-state index is -0.204. The highest BCUT2D eigenvalue weighted by molar-refractivity contribution is 5.00. The molecule has 15 heavy (non-hydrogen) atoms. The van der Waals surface area contributed by atoms with E-state index in [-0.39, 0.29) is 6.10 Å². The maximum absolute atomic E-state index is 10.2. The second-order valence-corrected chi connectivity index (χ2v) is 6.03. The molecule has 2 nitrogen and oxygen atoms in total. The third kappa shape index (κ3) is 1.62. The minimum absolute atomic E-state index is 0.204. The third-order valence-corrected chi connectivity index (χ3v) is 5.08. The molecule has 4 fully saturated rings. The molecule has 4 aliphatic rings. The Bertz CT molecular complexity index is 211. The molecule has 4 saturated carbocycles. The Morgan fingerprint density at radius 3 is 2.07 bits per heavy atom. The van der Waals surface area contributed by atoms with E-state index in [9.17, 15) is 5.11 Å². The second kappa shape index (κ2) is 3.74. The zero-order valence-corrected chi connectivity index (χ0v) is 9.56. The van der Waals surface area contributed by atoms with Crippen LogP contribution in [0.2, 0.25) is 0 Å². The minimum Gasteiger partial charge on any atom is -0.390 e. The van der Waals surface area contributed by atoms with Gasteiger partial charge in [0.15, 0.2) is 0 Å². The predicted octanol–water partition coefficient (Wildman–Crippen LogP) is 2.07. The van der Waals surface area contributed by atoms with Crippen molar-refractivity contribution in [3.8, 4) is 0 Å². The summed E-state index contributed by atoms with van der Waals surface area (Å²) < 4.78 is 5.11. The van der Waals surface area contributed by atoms with Crippen LogP contribution in [0, 0.1) is 29.6 Å². The van der Waals surface area contributed by atoms with Gasteiger partial charge in [0.1, 0.15) is 0 Å². The Balaban J connectivity index is 1.74. The molecule has 4 bridgehead atoms. The summed E-state index contributed by atoms with van der Waals surface area (Å²) in [4.78, 5) is 0. The van der Waals surface area contributed by atoms with Crippen LogP contribution in [-0.2, 0) is 4.74 Å². The Hall–Kier alpha value is -0.0800. The van der Waals surface area contributed by atoms with Gasteiger partial charge in [0.2, 0.25) is 0 Å². The molecule has 2 heteroatoms. The summed E-state index contributed by atoms with van der Waals surface area (Å²) in [5.41, 5.74) is 0. The summed E-state index contributed by atoms with van der Waals surface area (Å²) in [6.45, 7) is 0.535. The molecule has 0 radical (unpaired) electrons. The van der Waals surface area contributed by atoms with Crippen LogP contribution in [0.4, 0.5) is 0 Å². The fourth-order valence-corrected chi connectivity index (χ4v) is 4.88. The third-order valence-electron chi connectivity index (χ3n) is 5.08. The molecule has 0 aromatic heterocycles. The number of aliphatic hydroxyl groups is 1. The maximum Gasteiger partial charge on any atom is 0.0806 e. The van der Waals surface area contributed by atoms with Crippen molar-refractivity contribution < 1.29 is 9.84 Å². The van der Waals surface area contributed by atoms with Crippen LogP contribution >= 0.6 is 0 Å². The van der Waals surface area contributed by atoms with Gasteiger partial charge in [0, 0.05) is 7.11 Å². The highest BCUT2D eigenvalue weighted by atomic mass is 16.5. The lowest BCUT2D eigenvalue weighted by Crippen LogP contribution is -2.50. The van der Waals surface area contributed by atoms with Gasteiger partial charge in [-0.2, -0.15) is 0 Å². The first-order valence-corrected chi connectivity index (χ1v) is 6.45. The van der Waals surface area contributed by atoms with Gasteiger partial charge < -0.3 is 9.84 Å². The number of aliphatic hydroxyl groups excluding tert-OH is 1. The lowest BCUT2D eigenvalue weighted by atomic mass is 9.51. The van der Waals surface area contributed by atoms with Crippen molar-refractivity contribution in [1.82, 2.24) is 0 Å². The smallest absolute Gasteiger partial charge is 0.0806 e. The molecule has 0 aromatic carbocycles. The van der Waals surface area contributed by atoms with Gasteiger partial charge in [-0.05, 0) is 61.7 Å². The molecule has 86 valence electrons. The number of hydrogen-bond donors (Lipinski definition) is 1. The normalized spacial score (nSPS) is 49.6. The zero-order valence-electron chi connectivity index (χ0n) is 9.56. The lowest BCUT2D eigenvalue weighted by Gasteiger charge is -2.55. The van der Waals surface area contributed by atoms with Crippen LogP contribution in [0.3, 0.4) is 0 Å². The van der Waals surface area contributed by atoms with Crippen molar-refractivity contribution >= 4 is 0 Å². The fourth-order valence-electron chi connectivity index (χ4n) is 4.88. The van der Waals surface area contributed by atoms with E-state index in [0.717, 1.165) is 23.7 Å². The van der Waals surface area contributed by atoms with E-state index in [1.54, 1.807) is 7.11 Å². The second-order valence-electron chi connectivity index (χ2n) is 6.03. The Labute approximate surface area is 92.0 Å². The summed E-state index contributed by atoms with van der Waals surface area (Å²) in [6, 6.07) is 0. The van der Waals surface area contributed by atoms with Crippen molar-refractivity contribution in [2.75, 3.05) is 13.7 Å². The van der Waals surface area contributed by atoms with E-state index in [4.69, 9.17) is 4.74 Å². The van der Waals surface area contributed by atoms with Gasteiger partial charge in [-0.15, -0.1) is 0 Å². The molecule has 1 N–H and O–H groups in total. The van der Waals surface area contributed by atoms with Crippen LogP contribution in [0.5, 0.6) is 0 Å².